The first-order chi connectivity index (χ1) is 6.63. The lowest BCUT2D eigenvalue weighted by Gasteiger charge is -2.00. The van der Waals surface area contributed by atoms with Gasteiger partial charge in [0.1, 0.15) is 0 Å². The lowest BCUT2D eigenvalue weighted by molar-refractivity contribution is -0.131. The van der Waals surface area contributed by atoms with Crippen LogP contribution in [0.3, 0.4) is 0 Å². The number of carboxylic acid groups (broad SMARTS) is 1. The smallest absolute Gasteiger partial charge is 0.328 e. The van der Waals surface area contributed by atoms with Crippen LogP contribution in [0.15, 0.2) is 12.3 Å². The van der Waals surface area contributed by atoms with Crippen LogP contribution in [0.25, 0.3) is 6.08 Å². The van der Waals surface area contributed by atoms with Crippen molar-refractivity contribution in [3.05, 3.63) is 22.2 Å². The molecular weight excluding hydrogens is 198 g/mol. The number of aliphatic carboxylic acids is 1. The van der Waals surface area contributed by atoms with Gasteiger partial charge < -0.3 is 5.11 Å². The summed E-state index contributed by atoms with van der Waals surface area (Å²) in [5.41, 5.74) is 0. The maximum atomic E-state index is 10.3. The summed E-state index contributed by atoms with van der Waals surface area (Å²) in [4.78, 5) is 15.4. The predicted octanol–water partition coefficient (Wildman–Crippen LogP) is 2.75. The Morgan fingerprint density at radius 2 is 2.50 bits per heavy atom. The Morgan fingerprint density at radius 1 is 1.79 bits per heavy atom. The third-order valence-corrected chi connectivity index (χ3v) is 3.16. The van der Waals surface area contributed by atoms with E-state index >= 15 is 0 Å². The highest BCUT2D eigenvalue weighted by Crippen LogP contribution is 2.24. The van der Waals surface area contributed by atoms with Gasteiger partial charge in [-0.1, -0.05) is 13.8 Å². The third kappa shape index (κ3) is 2.96. The van der Waals surface area contributed by atoms with Gasteiger partial charge in [-0.3, -0.25) is 0 Å². The molecule has 0 aliphatic carbocycles. The average molecular weight is 211 g/mol. The van der Waals surface area contributed by atoms with Crippen LogP contribution in [0.1, 0.15) is 36.1 Å². The first-order valence-corrected chi connectivity index (χ1v) is 5.32. The zero-order chi connectivity index (χ0) is 10.6. The molecule has 0 unspecified atom stereocenters. The summed E-state index contributed by atoms with van der Waals surface area (Å²) in [5, 5.41) is 9.50. The zero-order valence-electron chi connectivity index (χ0n) is 8.23. The lowest BCUT2D eigenvalue weighted by atomic mass is 10.1. The largest absolute Gasteiger partial charge is 0.478 e. The maximum Gasteiger partial charge on any atom is 0.328 e. The summed E-state index contributed by atoms with van der Waals surface area (Å²) in [7, 11) is 0. The topological polar surface area (TPSA) is 50.2 Å². The van der Waals surface area contributed by atoms with Gasteiger partial charge in [-0.2, -0.15) is 0 Å². The molecule has 0 spiro atoms. The van der Waals surface area contributed by atoms with E-state index in [4.69, 9.17) is 5.11 Å². The van der Waals surface area contributed by atoms with E-state index in [2.05, 4.69) is 18.8 Å². The average Bonchev–Trinajstić information content (AvgIpc) is 2.62. The van der Waals surface area contributed by atoms with Gasteiger partial charge in [-0.25, -0.2) is 9.78 Å². The van der Waals surface area contributed by atoms with E-state index in [0.29, 0.717) is 5.92 Å². The van der Waals surface area contributed by atoms with Gasteiger partial charge in [0.05, 0.1) is 5.01 Å². The minimum Gasteiger partial charge on any atom is -0.478 e. The summed E-state index contributed by atoms with van der Waals surface area (Å²) in [6.45, 7) is 4.22. The number of aromatic nitrogens is 1. The summed E-state index contributed by atoms with van der Waals surface area (Å²) in [5.74, 6) is -0.476. The van der Waals surface area contributed by atoms with Gasteiger partial charge in [0.25, 0.3) is 0 Å². The number of thiazole rings is 1. The molecule has 1 heterocycles. The van der Waals surface area contributed by atoms with Crippen molar-refractivity contribution in [2.24, 2.45) is 0 Å². The molecule has 0 aliphatic rings. The molecule has 1 atom stereocenters. The molecule has 1 aromatic heterocycles. The number of rotatable bonds is 4. The fraction of sp³-hybridized carbons (Fsp3) is 0.400. The molecule has 0 saturated carbocycles. The Hall–Kier alpha value is -1.16. The van der Waals surface area contributed by atoms with Crippen LogP contribution >= 0.6 is 11.3 Å². The molecule has 0 aromatic carbocycles. The normalized spacial score (nSPS) is 13.3. The fourth-order valence-corrected chi connectivity index (χ4v) is 1.89. The molecule has 3 nitrogen and oxygen atoms in total. The van der Waals surface area contributed by atoms with Crippen LogP contribution in [-0.4, -0.2) is 16.1 Å². The van der Waals surface area contributed by atoms with Crippen molar-refractivity contribution < 1.29 is 9.90 Å². The Labute approximate surface area is 87.1 Å². The number of hydrogen-bond donors (Lipinski definition) is 1. The van der Waals surface area contributed by atoms with E-state index in [1.54, 1.807) is 23.6 Å². The van der Waals surface area contributed by atoms with Gasteiger partial charge in [-0.15, -0.1) is 11.3 Å². The zero-order valence-corrected chi connectivity index (χ0v) is 9.04. The number of hydrogen-bond acceptors (Lipinski definition) is 3. The van der Waals surface area contributed by atoms with Crippen LogP contribution < -0.4 is 0 Å². The van der Waals surface area contributed by atoms with Crippen LogP contribution in [-0.2, 0) is 4.79 Å². The molecule has 0 bridgehead atoms. The van der Waals surface area contributed by atoms with Crippen molar-refractivity contribution in [1.29, 1.82) is 0 Å². The minimum absolute atomic E-state index is 0.451. The van der Waals surface area contributed by atoms with E-state index < -0.39 is 5.97 Å². The van der Waals surface area contributed by atoms with Gasteiger partial charge in [0, 0.05) is 23.1 Å². The van der Waals surface area contributed by atoms with Crippen molar-refractivity contribution in [2.75, 3.05) is 0 Å². The summed E-state index contributed by atoms with van der Waals surface area (Å²) in [6, 6.07) is 0. The van der Waals surface area contributed by atoms with E-state index in [1.165, 1.54) is 0 Å². The second-order valence-electron chi connectivity index (χ2n) is 3.08. The van der Waals surface area contributed by atoms with E-state index in [1.807, 2.05) is 0 Å². The van der Waals surface area contributed by atoms with Crippen LogP contribution in [0, 0.1) is 0 Å². The molecule has 76 valence electrons. The number of nitrogens with zero attached hydrogens (tertiary/aromatic N) is 1. The highest BCUT2D eigenvalue weighted by atomic mass is 32.1. The Balaban J connectivity index is 2.73. The SMILES string of the molecule is CC[C@@H](C)c1ncc(/C=C/C(=O)O)s1. The first-order valence-electron chi connectivity index (χ1n) is 4.50. The highest BCUT2D eigenvalue weighted by molar-refractivity contribution is 7.12. The quantitative estimate of drug-likeness (QED) is 0.779. The van der Waals surface area contributed by atoms with Gasteiger partial charge in [0.2, 0.25) is 0 Å². The Bertz CT molecular complexity index is 344. The molecule has 0 aliphatic heterocycles. The molecule has 1 N–H and O–H groups in total. The molecule has 14 heavy (non-hydrogen) atoms. The maximum absolute atomic E-state index is 10.3. The summed E-state index contributed by atoms with van der Waals surface area (Å²) in [6.07, 6.45) is 5.47. The molecule has 0 amide bonds. The third-order valence-electron chi connectivity index (χ3n) is 1.97. The second kappa shape index (κ2) is 4.91. The molecular formula is C10H13NO2S. The van der Waals surface area contributed by atoms with E-state index in [9.17, 15) is 4.79 Å². The van der Waals surface area contributed by atoms with E-state index in [0.717, 1.165) is 22.4 Å². The molecule has 0 radical (unpaired) electrons. The molecule has 0 saturated heterocycles. The second-order valence-corrected chi connectivity index (χ2v) is 4.18. The van der Waals surface area contributed by atoms with Crippen molar-refractivity contribution >= 4 is 23.4 Å². The fourth-order valence-electron chi connectivity index (χ4n) is 0.934. The Morgan fingerprint density at radius 3 is 3.07 bits per heavy atom. The summed E-state index contributed by atoms with van der Waals surface area (Å²) >= 11 is 1.55. The van der Waals surface area contributed by atoms with Gasteiger partial charge in [-0.05, 0) is 12.5 Å². The van der Waals surface area contributed by atoms with Crippen LogP contribution in [0.5, 0.6) is 0 Å². The standard InChI is InChI=1S/C10H13NO2S/c1-3-7(2)10-11-6-8(14-10)4-5-9(12)13/h4-7H,3H2,1-2H3,(H,12,13)/b5-4+/t7-/m1/s1. The minimum atomic E-state index is -0.927. The number of carboxylic acids is 1. The first kappa shape index (κ1) is 10.9. The molecule has 1 rings (SSSR count). The van der Waals surface area contributed by atoms with Gasteiger partial charge in [0.15, 0.2) is 0 Å². The molecule has 0 fully saturated rings. The predicted molar refractivity (Wildman–Crippen MR) is 57.5 cm³/mol. The molecule has 4 heteroatoms. The van der Waals surface area contributed by atoms with Crippen molar-refractivity contribution in [2.45, 2.75) is 26.2 Å². The summed E-state index contributed by atoms with van der Waals surface area (Å²) < 4.78 is 0. The van der Waals surface area contributed by atoms with Crippen LogP contribution in [0.4, 0.5) is 0 Å². The monoisotopic (exact) mass is 211 g/mol. The van der Waals surface area contributed by atoms with Crippen molar-refractivity contribution in [1.82, 2.24) is 4.98 Å². The van der Waals surface area contributed by atoms with Crippen molar-refractivity contribution in [3.63, 3.8) is 0 Å². The van der Waals surface area contributed by atoms with Crippen molar-refractivity contribution in [3.8, 4) is 0 Å². The van der Waals surface area contributed by atoms with E-state index in [-0.39, 0.29) is 0 Å². The lowest BCUT2D eigenvalue weighted by Crippen LogP contribution is -1.87. The number of carbonyl (C=O) groups is 1. The molecule has 1 aromatic rings. The van der Waals surface area contributed by atoms with Crippen LogP contribution in [0.2, 0.25) is 0 Å². The Kier molecular flexibility index (Phi) is 3.83. The van der Waals surface area contributed by atoms with Gasteiger partial charge >= 0.3 is 5.97 Å². The highest BCUT2D eigenvalue weighted by Gasteiger charge is 2.06.